The van der Waals surface area contributed by atoms with Crippen molar-refractivity contribution in [3.05, 3.63) is 39.9 Å². The smallest absolute Gasteiger partial charge is 0.262 e. The van der Waals surface area contributed by atoms with E-state index in [4.69, 9.17) is 11.6 Å². The zero-order valence-corrected chi connectivity index (χ0v) is 8.44. The maximum absolute atomic E-state index is 11.8. The molecule has 15 heavy (non-hydrogen) atoms. The third-order valence-electron chi connectivity index (χ3n) is 2.07. The van der Waals surface area contributed by atoms with Crippen LogP contribution < -0.4 is 5.56 Å². The fraction of sp³-hybridized carbons (Fsp3) is 0.100. The highest BCUT2D eigenvalue weighted by Gasteiger charge is 2.07. The second kappa shape index (κ2) is 3.82. The highest BCUT2D eigenvalue weighted by Crippen LogP contribution is 2.10. The summed E-state index contributed by atoms with van der Waals surface area (Å²) in [5.41, 5.74) is 0.243. The van der Waals surface area contributed by atoms with E-state index in [1.807, 2.05) is 0 Å². The molecule has 0 radical (unpaired) electrons. The summed E-state index contributed by atoms with van der Waals surface area (Å²) in [5, 5.41) is 0.495. The summed E-state index contributed by atoms with van der Waals surface area (Å²) >= 11 is 5.78. The molecule has 0 N–H and O–H groups in total. The van der Waals surface area contributed by atoms with Gasteiger partial charge in [-0.3, -0.25) is 9.36 Å². The van der Waals surface area contributed by atoms with Crippen molar-refractivity contribution in [1.29, 1.82) is 0 Å². The molecule has 0 unspecified atom stereocenters. The van der Waals surface area contributed by atoms with Crippen molar-refractivity contribution in [2.24, 2.45) is 0 Å². The van der Waals surface area contributed by atoms with Crippen molar-refractivity contribution in [3.63, 3.8) is 0 Å². The number of hydrogen-bond acceptors (Lipinski definition) is 3. The highest BCUT2D eigenvalue weighted by atomic mass is 35.5. The Morgan fingerprint density at radius 2 is 2.13 bits per heavy atom. The maximum atomic E-state index is 11.8. The summed E-state index contributed by atoms with van der Waals surface area (Å²) in [4.78, 5) is 26.2. The molecule has 0 fully saturated rings. The van der Waals surface area contributed by atoms with Gasteiger partial charge in [-0.25, -0.2) is 4.98 Å². The SMILES string of the molecule is O=CCn1c(Cl)nc2ccccc2c1=O. The fourth-order valence-corrected chi connectivity index (χ4v) is 1.61. The summed E-state index contributed by atoms with van der Waals surface area (Å²) in [6.07, 6.45) is 0.615. The molecule has 5 heteroatoms. The Morgan fingerprint density at radius 1 is 1.40 bits per heavy atom. The van der Waals surface area contributed by atoms with Crippen molar-refractivity contribution >= 4 is 28.8 Å². The van der Waals surface area contributed by atoms with Crippen LogP contribution in [0.25, 0.3) is 10.9 Å². The monoisotopic (exact) mass is 222 g/mol. The molecule has 1 aromatic heterocycles. The first-order chi connectivity index (χ1) is 7.24. The topological polar surface area (TPSA) is 52.0 Å². The predicted octanol–water partition coefficient (Wildman–Crippen LogP) is 1.25. The summed E-state index contributed by atoms with van der Waals surface area (Å²) in [6, 6.07) is 6.87. The first-order valence-corrected chi connectivity index (χ1v) is 4.70. The van der Waals surface area contributed by atoms with Gasteiger partial charge in [0.25, 0.3) is 5.56 Å². The number of benzene rings is 1. The van der Waals surface area contributed by atoms with Crippen LogP contribution in [0.1, 0.15) is 0 Å². The van der Waals surface area contributed by atoms with Crippen molar-refractivity contribution in [2.75, 3.05) is 0 Å². The number of carbonyl (C=O) groups excluding carboxylic acids is 1. The first kappa shape index (κ1) is 9.86. The standard InChI is InChI=1S/C10H7ClN2O2/c11-10-12-8-4-2-1-3-7(8)9(15)13(10)5-6-14/h1-4,6H,5H2. The first-order valence-electron chi connectivity index (χ1n) is 4.33. The number of carbonyl (C=O) groups is 1. The zero-order chi connectivity index (χ0) is 10.8. The molecule has 1 aromatic carbocycles. The third-order valence-corrected chi connectivity index (χ3v) is 2.36. The van der Waals surface area contributed by atoms with Gasteiger partial charge in [0.1, 0.15) is 6.29 Å². The molecule has 1 heterocycles. The fourth-order valence-electron chi connectivity index (χ4n) is 1.37. The minimum atomic E-state index is -0.294. The van der Waals surface area contributed by atoms with Crippen LogP contribution in [0.15, 0.2) is 29.1 Å². The predicted molar refractivity (Wildman–Crippen MR) is 57.1 cm³/mol. The van der Waals surface area contributed by atoms with Gasteiger partial charge in [0.2, 0.25) is 5.28 Å². The van der Waals surface area contributed by atoms with Gasteiger partial charge >= 0.3 is 0 Å². The normalized spacial score (nSPS) is 10.5. The lowest BCUT2D eigenvalue weighted by Gasteiger charge is -2.04. The Balaban J connectivity index is 2.84. The summed E-state index contributed by atoms with van der Waals surface area (Å²) in [6.45, 7) is -0.0739. The van der Waals surface area contributed by atoms with E-state index in [0.717, 1.165) is 4.57 Å². The van der Waals surface area contributed by atoms with Crippen molar-refractivity contribution in [3.8, 4) is 0 Å². The van der Waals surface area contributed by atoms with E-state index in [2.05, 4.69) is 4.98 Å². The molecule has 0 atom stereocenters. The summed E-state index contributed by atoms with van der Waals surface area (Å²) in [7, 11) is 0. The molecule has 76 valence electrons. The van der Waals surface area contributed by atoms with Crippen LogP contribution in [0.5, 0.6) is 0 Å². The van der Waals surface area contributed by atoms with Crippen LogP contribution >= 0.6 is 11.6 Å². The van der Waals surface area contributed by atoms with Crippen molar-refractivity contribution in [2.45, 2.75) is 6.54 Å². The largest absolute Gasteiger partial charge is 0.301 e. The molecule has 2 rings (SSSR count). The Kier molecular flexibility index (Phi) is 2.51. The van der Waals surface area contributed by atoms with Crippen LogP contribution in [-0.4, -0.2) is 15.8 Å². The van der Waals surface area contributed by atoms with E-state index < -0.39 is 0 Å². The van der Waals surface area contributed by atoms with Gasteiger partial charge in [0, 0.05) is 0 Å². The van der Waals surface area contributed by atoms with E-state index >= 15 is 0 Å². The molecule has 0 saturated heterocycles. The van der Waals surface area contributed by atoms with Crippen LogP contribution in [0.3, 0.4) is 0 Å². The number of aldehydes is 1. The molecule has 4 nitrogen and oxygen atoms in total. The van der Waals surface area contributed by atoms with E-state index in [1.54, 1.807) is 24.3 Å². The Bertz CT molecular complexity index is 577. The number of aromatic nitrogens is 2. The van der Waals surface area contributed by atoms with Gasteiger partial charge in [0.15, 0.2) is 0 Å². The van der Waals surface area contributed by atoms with Gasteiger partial charge in [-0.05, 0) is 23.7 Å². The molecular weight excluding hydrogens is 216 g/mol. The van der Waals surface area contributed by atoms with Gasteiger partial charge in [0.05, 0.1) is 17.4 Å². The lowest BCUT2D eigenvalue weighted by atomic mass is 10.2. The third kappa shape index (κ3) is 1.64. The molecule has 2 aromatic rings. The maximum Gasteiger partial charge on any atom is 0.262 e. The van der Waals surface area contributed by atoms with E-state index in [1.165, 1.54) is 0 Å². The van der Waals surface area contributed by atoms with Gasteiger partial charge in [-0.15, -0.1) is 0 Å². The van der Waals surface area contributed by atoms with Crippen LogP contribution in [0.2, 0.25) is 5.28 Å². The van der Waals surface area contributed by atoms with Gasteiger partial charge in [-0.1, -0.05) is 12.1 Å². The second-order valence-corrected chi connectivity index (χ2v) is 3.32. The molecule has 0 aliphatic rings. The highest BCUT2D eigenvalue weighted by molar-refractivity contribution is 6.28. The number of para-hydroxylation sites is 1. The lowest BCUT2D eigenvalue weighted by Crippen LogP contribution is -2.22. The Hall–Kier alpha value is -1.68. The Morgan fingerprint density at radius 3 is 2.87 bits per heavy atom. The van der Waals surface area contributed by atoms with Crippen LogP contribution in [0, 0.1) is 0 Å². The molecule has 0 saturated carbocycles. The second-order valence-electron chi connectivity index (χ2n) is 2.98. The van der Waals surface area contributed by atoms with Crippen molar-refractivity contribution in [1.82, 2.24) is 9.55 Å². The van der Waals surface area contributed by atoms with E-state index in [0.29, 0.717) is 17.2 Å². The molecule has 0 aliphatic heterocycles. The number of fused-ring (bicyclic) bond motifs is 1. The zero-order valence-electron chi connectivity index (χ0n) is 7.68. The van der Waals surface area contributed by atoms with Crippen molar-refractivity contribution < 1.29 is 4.79 Å². The van der Waals surface area contributed by atoms with E-state index in [9.17, 15) is 9.59 Å². The molecule has 0 bridgehead atoms. The van der Waals surface area contributed by atoms with Crippen LogP contribution in [0.4, 0.5) is 0 Å². The van der Waals surface area contributed by atoms with Gasteiger partial charge < -0.3 is 4.79 Å². The average molecular weight is 223 g/mol. The molecule has 0 amide bonds. The number of nitrogens with zero attached hydrogens (tertiary/aromatic N) is 2. The number of rotatable bonds is 2. The summed E-state index contributed by atoms with van der Waals surface area (Å²) in [5.74, 6) is 0. The number of halogens is 1. The molecule has 0 aliphatic carbocycles. The average Bonchev–Trinajstić information content (AvgIpc) is 2.24. The molecule has 0 spiro atoms. The minimum Gasteiger partial charge on any atom is -0.301 e. The summed E-state index contributed by atoms with van der Waals surface area (Å²) < 4.78 is 1.14. The lowest BCUT2D eigenvalue weighted by molar-refractivity contribution is -0.108. The number of hydrogen-bond donors (Lipinski definition) is 0. The van der Waals surface area contributed by atoms with E-state index in [-0.39, 0.29) is 17.4 Å². The quantitative estimate of drug-likeness (QED) is 0.568. The molecular formula is C10H7ClN2O2. The Labute approximate surface area is 90.1 Å². The minimum absolute atomic E-state index is 0.0331. The van der Waals surface area contributed by atoms with Gasteiger partial charge in [-0.2, -0.15) is 0 Å². The van der Waals surface area contributed by atoms with Crippen LogP contribution in [-0.2, 0) is 11.3 Å².